The van der Waals surface area contributed by atoms with E-state index < -0.39 is 0 Å². The molecule has 27 heavy (non-hydrogen) atoms. The Bertz CT molecular complexity index is 544. The molecule has 6 nitrogen and oxygen atoms in total. The smallest absolute Gasteiger partial charge is 0.191 e. The predicted octanol–water partition coefficient (Wildman–Crippen LogP) is 2.25. The minimum absolute atomic E-state index is 0.0105. The van der Waals surface area contributed by atoms with Gasteiger partial charge in [0.15, 0.2) is 5.96 Å². The van der Waals surface area contributed by atoms with E-state index in [4.69, 9.17) is 9.73 Å². The van der Waals surface area contributed by atoms with Crippen LogP contribution >= 0.6 is 0 Å². The number of rotatable bonds is 11. The zero-order valence-electron chi connectivity index (χ0n) is 16.9. The fourth-order valence-electron chi connectivity index (χ4n) is 3.46. The third-order valence-corrected chi connectivity index (χ3v) is 5.14. The lowest BCUT2D eigenvalue weighted by Gasteiger charge is -2.25. The monoisotopic (exact) mass is 376 g/mol. The Labute approximate surface area is 164 Å². The van der Waals surface area contributed by atoms with E-state index in [9.17, 15) is 5.11 Å². The molecule has 0 aliphatic carbocycles. The van der Waals surface area contributed by atoms with Gasteiger partial charge in [-0.15, -0.1) is 0 Å². The van der Waals surface area contributed by atoms with Gasteiger partial charge in [-0.05, 0) is 45.2 Å². The van der Waals surface area contributed by atoms with Crippen LogP contribution in [0.4, 0.5) is 5.69 Å². The highest BCUT2D eigenvalue weighted by Crippen LogP contribution is 2.32. The van der Waals surface area contributed by atoms with E-state index in [1.807, 2.05) is 0 Å². The zero-order chi connectivity index (χ0) is 19.4. The topological polar surface area (TPSA) is 69.1 Å². The molecule has 1 fully saturated rings. The van der Waals surface area contributed by atoms with Crippen molar-refractivity contribution in [1.82, 2.24) is 10.6 Å². The number of nitrogens with one attached hydrogen (secondary N) is 2. The molecule has 3 N–H and O–H groups in total. The number of benzene rings is 1. The molecule has 0 radical (unpaired) electrons. The van der Waals surface area contributed by atoms with Crippen molar-refractivity contribution in [3.63, 3.8) is 0 Å². The Kier molecular flexibility index (Phi) is 9.42. The van der Waals surface area contributed by atoms with Crippen LogP contribution < -0.4 is 15.5 Å². The molecule has 6 heteroatoms. The molecule has 0 bridgehead atoms. The highest BCUT2D eigenvalue weighted by atomic mass is 16.5. The van der Waals surface area contributed by atoms with Gasteiger partial charge in [0.2, 0.25) is 0 Å². The van der Waals surface area contributed by atoms with Crippen LogP contribution in [0.1, 0.15) is 33.1 Å². The van der Waals surface area contributed by atoms with Crippen LogP contribution in [-0.2, 0) is 4.74 Å². The molecule has 2 rings (SSSR count). The SMILES string of the molecule is CCNC(=NCC1(CCO)CCOC1)NCCCN(CC)c1ccccc1. The van der Waals surface area contributed by atoms with Crippen LogP contribution in [0.15, 0.2) is 35.3 Å². The Morgan fingerprint density at radius 1 is 1.26 bits per heavy atom. The number of aliphatic imine (C=N–C) groups is 1. The fourth-order valence-corrected chi connectivity index (χ4v) is 3.46. The maximum atomic E-state index is 9.36. The zero-order valence-corrected chi connectivity index (χ0v) is 16.9. The van der Waals surface area contributed by atoms with Crippen LogP contribution in [-0.4, -0.2) is 63.6 Å². The standard InChI is InChI=1S/C21H36N4O2/c1-3-22-20(24-17-21(11-15-26)12-16-27-18-21)23-13-8-14-25(4-2)19-9-6-5-7-10-19/h5-7,9-10,26H,3-4,8,11-18H2,1-2H3,(H2,22,23,24). The van der Waals surface area contributed by atoms with E-state index in [0.717, 1.165) is 58.0 Å². The quantitative estimate of drug-likeness (QED) is 0.314. The molecule has 1 atom stereocenters. The Hall–Kier alpha value is -1.79. The summed E-state index contributed by atoms with van der Waals surface area (Å²) in [5, 5.41) is 16.1. The maximum absolute atomic E-state index is 9.36. The van der Waals surface area contributed by atoms with Crippen molar-refractivity contribution >= 4 is 11.6 Å². The number of hydrogen-bond donors (Lipinski definition) is 3. The van der Waals surface area contributed by atoms with Gasteiger partial charge in [-0.3, -0.25) is 4.99 Å². The number of ether oxygens (including phenoxy) is 1. The highest BCUT2D eigenvalue weighted by Gasteiger charge is 2.34. The van der Waals surface area contributed by atoms with Gasteiger partial charge in [-0.2, -0.15) is 0 Å². The third kappa shape index (κ3) is 7.03. The van der Waals surface area contributed by atoms with Gasteiger partial charge in [0.25, 0.3) is 0 Å². The molecular formula is C21H36N4O2. The first-order valence-corrected chi connectivity index (χ1v) is 10.2. The van der Waals surface area contributed by atoms with Crippen LogP contribution in [0.25, 0.3) is 0 Å². The van der Waals surface area contributed by atoms with Crippen molar-refractivity contribution in [2.24, 2.45) is 10.4 Å². The first-order valence-electron chi connectivity index (χ1n) is 10.2. The summed E-state index contributed by atoms with van der Waals surface area (Å²) < 4.78 is 5.56. The van der Waals surface area contributed by atoms with Crippen LogP contribution in [0.5, 0.6) is 0 Å². The van der Waals surface area contributed by atoms with Crippen molar-refractivity contribution in [3.8, 4) is 0 Å². The lowest BCUT2D eigenvalue weighted by Crippen LogP contribution is -2.40. The van der Waals surface area contributed by atoms with Gasteiger partial charge in [0, 0.05) is 50.5 Å². The molecule has 1 saturated heterocycles. The van der Waals surface area contributed by atoms with Crippen molar-refractivity contribution in [3.05, 3.63) is 30.3 Å². The predicted molar refractivity (Wildman–Crippen MR) is 112 cm³/mol. The molecule has 0 amide bonds. The highest BCUT2D eigenvalue weighted by molar-refractivity contribution is 5.79. The van der Waals surface area contributed by atoms with Gasteiger partial charge in [0.05, 0.1) is 13.2 Å². The van der Waals surface area contributed by atoms with E-state index in [1.54, 1.807) is 0 Å². The van der Waals surface area contributed by atoms with Crippen LogP contribution in [0.2, 0.25) is 0 Å². The van der Waals surface area contributed by atoms with E-state index in [-0.39, 0.29) is 12.0 Å². The second-order valence-corrected chi connectivity index (χ2v) is 7.17. The number of aliphatic hydroxyl groups excluding tert-OH is 1. The minimum atomic E-state index is -0.0105. The van der Waals surface area contributed by atoms with E-state index >= 15 is 0 Å². The molecule has 1 heterocycles. The largest absolute Gasteiger partial charge is 0.396 e. The average Bonchev–Trinajstić information content (AvgIpc) is 3.16. The van der Waals surface area contributed by atoms with Crippen molar-refractivity contribution < 1.29 is 9.84 Å². The average molecular weight is 377 g/mol. The van der Waals surface area contributed by atoms with Crippen LogP contribution in [0, 0.1) is 5.41 Å². The first-order chi connectivity index (χ1) is 13.2. The maximum Gasteiger partial charge on any atom is 0.191 e. The van der Waals surface area contributed by atoms with Gasteiger partial charge in [-0.1, -0.05) is 18.2 Å². The molecule has 1 unspecified atom stereocenters. The number of para-hydroxylation sites is 1. The molecule has 1 aromatic carbocycles. The second-order valence-electron chi connectivity index (χ2n) is 7.17. The summed E-state index contributed by atoms with van der Waals surface area (Å²) in [4.78, 5) is 7.16. The summed E-state index contributed by atoms with van der Waals surface area (Å²) in [6, 6.07) is 10.5. The van der Waals surface area contributed by atoms with Crippen molar-refractivity contribution in [1.29, 1.82) is 0 Å². The fraction of sp³-hybridized carbons (Fsp3) is 0.667. The summed E-state index contributed by atoms with van der Waals surface area (Å²) >= 11 is 0. The van der Waals surface area contributed by atoms with E-state index in [0.29, 0.717) is 13.2 Å². The van der Waals surface area contributed by atoms with Gasteiger partial charge >= 0.3 is 0 Å². The Morgan fingerprint density at radius 3 is 2.70 bits per heavy atom. The second kappa shape index (κ2) is 11.8. The number of hydrogen-bond acceptors (Lipinski definition) is 4. The van der Waals surface area contributed by atoms with E-state index in [2.05, 4.69) is 59.7 Å². The van der Waals surface area contributed by atoms with Gasteiger partial charge < -0.3 is 25.4 Å². The van der Waals surface area contributed by atoms with E-state index in [1.165, 1.54) is 5.69 Å². The molecule has 152 valence electrons. The lowest BCUT2D eigenvalue weighted by atomic mass is 9.84. The molecule has 0 aromatic heterocycles. The summed E-state index contributed by atoms with van der Waals surface area (Å²) in [6.07, 6.45) is 2.76. The summed E-state index contributed by atoms with van der Waals surface area (Å²) in [6.45, 7) is 10.3. The molecular weight excluding hydrogens is 340 g/mol. The summed E-state index contributed by atoms with van der Waals surface area (Å²) in [5.41, 5.74) is 1.26. The lowest BCUT2D eigenvalue weighted by molar-refractivity contribution is 0.131. The van der Waals surface area contributed by atoms with Gasteiger partial charge in [0.1, 0.15) is 0 Å². The van der Waals surface area contributed by atoms with Gasteiger partial charge in [-0.25, -0.2) is 0 Å². The third-order valence-electron chi connectivity index (χ3n) is 5.14. The molecule has 0 saturated carbocycles. The summed E-state index contributed by atoms with van der Waals surface area (Å²) in [7, 11) is 0. The van der Waals surface area contributed by atoms with Crippen molar-refractivity contribution in [2.75, 3.05) is 57.4 Å². The number of guanidine groups is 1. The van der Waals surface area contributed by atoms with Crippen molar-refractivity contribution in [2.45, 2.75) is 33.1 Å². The number of nitrogens with zero attached hydrogens (tertiary/aromatic N) is 2. The molecule has 1 aliphatic heterocycles. The Balaban J connectivity index is 1.81. The van der Waals surface area contributed by atoms with Crippen LogP contribution in [0.3, 0.4) is 0 Å². The molecule has 0 spiro atoms. The summed E-state index contributed by atoms with van der Waals surface area (Å²) in [5.74, 6) is 0.851. The minimum Gasteiger partial charge on any atom is -0.396 e. The number of aliphatic hydroxyl groups is 1. The number of anilines is 1. The first kappa shape index (κ1) is 21.5. The molecule has 1 aromatic rings. The normalized spacial score (nSPS) is 19.9. The Morgan fingerprint density at radius 2 is 2.07 bits per heavy atom. The molecule has 1 aliphatic rings.